The van der Waals surface area contributed by atoms with Gasteiger partial charge in [0.2, 0.25) is 5.95 Å². The molecule has 0 saturated heterocycles. The summed E-state index contributed by atoms with van der Waals surface area (Å²) in [4.78, 5) is 18.9. The van der Waals surface area contributed by atoms with Crippen molar-refractivity contribution in [2.24, 2.45) is 0 Å². The highest BCUT2D eigenvalue weighted by atomic mass is 19.4. The number of pyridine rings is 1. The van der Waals surface area contributed by atoms with Gasteiger partial charge in [-0.25, -0.2) is 9.50 Å². The Morgan fingerprint density at radius 3 is 2.61 bits per heavy atom. The van der Waals surface area contributed by atoms with Gasteiger partial charge in [-0.1, -0.05) is 0 Å². The second-order valence-electron chi connectivity index (χ2n) is 4.81. The first-order valence-electron chi connectivity index (χ1n) is 6.52. The number of imidazole rings is 1. The van der Waals surface area contributed by atoms with Crippen LogP contribution >= 0.6 is 0 Å². The van der Waals surface area contributed by atoms with Gasteiger partial charge in [-0.05, 0) is 26.0 Å². The van der Waals surface area contributed by atoms with E-state index in [0.29, 0.717) is 11.3 Å². The number of nitrogens with one attached hydrogen (secondary N) is 1. The molecular weight excluding hydrogens is 313 g/mol. The first-order chi connectivity index (χ1) is 10.8. The first kappa shape index (κ1) is 15.0. The number of anilines is 1. The lowest BCUT2D eigenvalue weighted by Gasteiger charge is -2.09. The quantitative estimate of drug-likeness (QED) is 0.782. The normalized spacial score (nSPS) is 11.9. The van der Waals surface area contributed by atoms with Crippen molar-refractivity contribution in [1.29, 1.82) is 0 Å². The number of aryl methyl sites for hydroxylation is 2. The number of amides is 1. The highest BCUT2D eigenvalue weighted by Gasteiger charge is 2.39. The molecule has 0 aliphatic heterocycles. The van der Waals surface area contributed by atoms with Crippen molar-refractivity contribution in [2.45, 2.75) is 20.0 Å². The molecule has 23 heavy (non-hydrogen) atoms. The predicted molar refractivity (Wildman–Crippen MR) is 74.3 cm³/mol. The van der Waals surface area contributed by atoms with Crippen LogP contribution in [0.4, 0.5) is 19.1 Å². The monoisotopic (exact) mass is 324 g/mol. The lowest BCUT2D eigenvalue weighted by atomic mass is 10.3. The van der Waals surface area contributed by atoms with E-state index in [1.54, 1.807) is 36.8 Å². The highest BCUT2D eigenvalue weighted by Crippen LogP contribution is 2.20. The number of carbonyl (C=O) groups is 1. The van der Waals surface area contributed by atoms with Gasteiger partial charge in [0.15, 0.2) is 5.65 Å². The van der Waals surface area contributed by atoms with Crippen molar-refractivity contribution in [3.8, 4) is 5.69 Å². The van der Waals surface area contributed by atoms with E-state index in [2.05, 4.69) is 15.1 Å². The summed E-state index contributed by atoms with van der Waals surface area (Å²) in [6, 6.07) is 3.35. The lowest BCUT2D eigenvalue weighted by molar-refractivity contribution is -0.167. The Morgan fingerprint density at radius 1 is 1.26 bits per heavy atom. The molecule has 0 fully saturated rings. The molecule has 120 valence electrons. The maximum atomic E-state index is 12.3. The fourth-order valence-electron chi connectivity index (χ4n) is 2.17. The van der Waals surface area contributed by atoms with Crippen LogP contribution in [-0.4, -0.2) is 36.2 Å². The van der Waals surface area contributed by atoms with E-state index >= 15 is 0 Å². The molecule has 0 bridgehead atoms. The van der Waals surface area contributed by atoms with Gasteiger partial charge in [0.05, 0.1) is 11.4 Å². The average Bonchev–Trinajstić information content (AvgIpc) is 3.05. The van der Waals surface area contributed by atoms with Crippen LogP contribution < -0.4 is 5.32 Å². The SMILES string of the molecule is Cc1nccn1-c1ccc2nc(NC(=O)C(F)(F)F)nn2c1C. The minimum Gasteiger partial charge on any atom is -0.302 e. The zero-order valence-electron chi connectivity index (χ0n) is 12.1. The third-order valence-corrected chi connectivity index (χ3v) is 3.28. The van der Waals surface area contributed by atoms with Crippen molar-refractivity contribution in [3.05, 3.63) is 36.0 Å². The van der Waals surface area contributed by atoms with E-state index in [9.17, 15) is 18.0 Å². The smallest absolute Gasteiger partial charge is 0.302 e. The van der Waals surface area contributed by atoms with Crippen molar-refractivity contribution < 1.29 is 18.0 Å². The first-order valence-corrected chi connectivity index (χ1v) is 6.52. The molecule has 1 amide bonds. The number of rotatable bonds is 2. The van der Waals surface area contributed by atoms with Gasteiger partial charge in [0.1, 0.15) is 5.82 Å². The molecule has 0 aromatic carbocycles. The van der Waals surface area contributed by atoms with E-state index in [1.807, 2.05) is 11.5 Å². The molecule has 0 atom stereocenters. The summed E-state index contributed by atoms with van der Waals surface area (Å²) >= 11 is 0. The fourth-order valence-corrected chi connectivity index (χ4v) is 2.17. The number of fused-ring (bicyclic) bond motifs is 1. The van der Waals surface area contributed by atoms with Gasteiger partial charge in [0, 0.05) is 12.4 Å². The van der Waals surface area contributed by atoms with E-state index in [1.165, 1.54) is 4.52 Å². The van der Waals surface area contributed by atoms with Crippen LogP contribution in [0.2, 0.25) is 0 Å². The molecule has 0 saturated carbocycles. The summed E-state index contributed by atoms with van der Waals surface area (Å²) < 4.78 is 40.0. The molecule has 0 aliphatic rings. The van der Waals surface area contributed by atoms with Crippen LogP contribution in [0.3, 0.4) is 0 Å². The summed E-state index contributed by atoms with van der Waals surface area (Å²) in [5.41, 5.74) is 1.72. The predicted octanol–water partition coefficient (Wildman–Crippen LogP) is 2.03. The molecule has 3 aromatic heterocycles. The Hall–Kier alpha value is -2.91. The average molecular weight is 324 g/mol. The second-order valence-corrected chi connectivity index (χ2v) is 4.81. The minimum atomic E-state index is -4.99. The van der Waals surface area contributed by atoms with Crippen molar-refractivity contribution >= 4 is 17.5 Å². The molecule has 0 aliphatic carbocycles. The Bertz CT molecular complexity index is 895. The topological polar surface area (TPSA) is 77.1 Å². The largest absolute Gasteiger partial charge is 0.471 e. The fraction of sp³-hybridized carbons (Fsp3) is 0.231. The van der Waals surface area contributed by atoms with E-state index in [0.717, 1.165) is 11.5 Å². The minimum absolute atomic E-state index is 0.321. The van der Waals surface area contributed by atoms with E-state index < -0.39 is 18.0 Å². The number of aromatic nitrogens is 5. The summed E-state index contributed by atoms with van der Waals surface area (Å²) in [6.07, 6.45) is -1.60. The van der Waals surface area contributed by atoms with Crippen LogP contribution in [0, 0.1) is 13.8 Å². The maximum absolute atomic E-state index is 12.3. The molecular formula is C13H11F3N6O. The van der Waals surface area contributed by atoms with Crippen LogP contribution in [0.25, 0.3) is 11.3 Å². The Kier molecular flexibility index (Phi) is 3.31. The molecule has 3 rings (SSSR count). The summed E-state index contributed by atoms with van der Waals surface area (Å²) in [7, 11) is 0. The van der Waals surface area contributed by atoms with Gasteiger partial charge in [-0.15, -0.1) is 5.10 Å². The molecule has 3 heterocycles. The number of hydrogen-bond donors (Lipinski definition) is 1. The number of nitrogens with zero attached hydrogens (tertiary/aromatic N) is 5. The third-order valence-electron chi connectivity index (χ3n) is 3.28. The van der Waals surface area contributed by atoms with Crippen LogP contribution in [0.15, 0.2) is 24.5 Å². The van der Waals surface area contributed by atoms with Crippen LogP contribution in [0.5, 0.6) is 0 Å². The van der Waals surface area contributed by atoms with Gasteiger partial charge in [-0.2, -0.15) is 18.2 Å². The van der Waals surface area contributed by atoms with Crippen molar-refractivity contribution in [3.63, 3.8) is 0 Å². The molecule has 10 heteroatoms. The molecule has 1 N–H and O–H groups in total. The number of halogens is 3. The van der Waals surface area contributed by atoms with E-state index in [4.69, 9.17) is 0 Å². The Labute approximate surface area is 127 Å². The second kappa shape index (κ2) is 5.07. The van der Waals surface area contributed by atoms with Gasteiger partial charge >= 0.3 is 12.1 Å². The molecule has 7 nitrogen and oxygen atoms in total. The summed E-state index contributed by atoms with van der Waals surface area (Å²) in [5.74, 6) is -1.77. The number of alkyl halides is 3. The zero-order chi connectivity index (χ0) is 16.8. The van der Waals surface area contributed by atoms with Crippen molar-refractivity contribution in [1.82, 2.24) is 24.1 Å². The Morgan fingerprint density at radius 2 is 2.00 bits per heavy atom. The summed E-state index contributed by atoms with van der Waals surface area (Å²) in [6.45, 7) is 3.56. The van der Waals surface area contributed by atoms with Gasteiger partial charge in [-0.3, -0.25) is 10.1 Å². The third kappa shape index (κ3) is 2.62. The zero-order valence-corrected chi connectivity index (χ0v) is 12.1. The molecule has 0 unspecified atom stereocenters. The molecule has 0 radical (unpaired) electrons. The van der Waals surface area contributed by atoms with Gasteiger partial charge in [0.25, 0.3) is 0 Å². The van der Waals surface area contributed by atoms with Crippen molar-refractivity contribution in [2.75, 3.05) is 5.32 Å². The number of hydrogen-bond acceptors (Lipinski definition) is 4. The summed E-state index contributed by atoms with van der Waals surface area (Å²) in [5, 5.41) is 5.54. The maximum Gasteiger partial charge on any atom is 0.471 e. The molecule has 0 spiro atoms. The number of carbonyl (C=O) groups excluding carboxylic acids is 1. The van der Waals surface area contributed by atoms with E-state index in [-0.39, 0.29) is 0 Å². The Balaban J connectivity index is 2.03. The van der Waals surface area contributed by atoms with Crippen LogP contribution in [0.1, 0.15) is 11.5 Å². The van der Waals surface area contributed by atoms with Gasteiger partial charge < -0.3 is 4.57 Å². The highest BCUT2D eigenvalue weighted by molar-refractivity contribution is 5.93. The van der Waals surface area contributed by atoms with Crippen LogP contribution in [-0.2, 0) is 4.79 Å². The standard InChI is InChI=1S/C13H11F3N6O/c1-7-9(21-6-5-17-8(21)2)3-4-10-18-12(20-22(7)10)19-11(23)13(14,15)16/h3-6H,1-2H3,(H,19,20,23). The molecule has 3 aromatic rings. The lowest BCUT2D eigenvalue weighted by Crippen LogP contribution is -2.30.